The second-order valence-corrected chi connectivity index (χ2v) is 6.08. The molecule has 0 saturated carbocycles. The number of anilines is 1. The molecule has 0 aromatic heterocycles. The van der Waals surface area contributed by atoms with E-state index in [1.54, 1.807) is 6.07 Å². The fourth-order valence-corrected chi connectivity index (χ4v) is 1.86. The van der Waals surface area contributed by atoms with Crippen LogP contribution in [0.15, 0.2) is 24.3 Å². The third-order valence-electron chi connectivity index (χ3n) is 2.19. The number of hydrogen-bond acceptors (Lipinski definition) is 3. The molecule has 1 N–H and O–H groups in total. The van der Waals surface area contributed by atoms with Crippen molar-refractivity contribution in [2.75, 3.05) is 25.4 Å². The van der Waals surface area contributed by atoms with E-state index in [2.05, 4.69) is 9.46 Å². The Morgan fingerprint density at radius 3 is 2.50 bits per heavy atom. The van der Waals surface area contributed by atoms with Crippen LogP contribution in [0.4, 0.5) is 18.9 Å². The first-order valence-corrected chi connectivity index (χ1v) is 6.98. The molecule has 0 aliphatic carbocycles. The van der Waals surface area contributed by atoms with Gasteiger partial charge in [0.05, 0.1) is 12.3 Å². The summed E-state index contributed by atoms with van der Waals surface area (Å²) >= 11 is 0. The van der Waals surface area contributed by atoms with Crippen molar-refractivity contribution in [2.24, 2.45) is 0 Å². The maximum Gasteiger partial charge on any atom is 0.411 e. The van der Waals surface area contributed by atoms with E-state index >= 15 is 0 Å². The summed E-state index contributed by atoms with van der Waals surface area (Å²) in [5, 5.41) is 0. The van der Waals surface area contributed by atoms with Gasteiger partial charge >= 0.3 is 16.4 Å². The van der Waals surface area contributed by atoms with E-state index in [9.17, 15) is 21.6 Å². The molecular formula is C11H15F3N2O3S. The van der Waals surface area contributed by atoms with Crippen LogP contribution in [0.25, 0.3) is 0 Å². The van der Waals surface area contributed by atoms with Crippen LogP contribution in [0, 0.1) is 0 Å². The van der Waals surface area contributed by atoms with E-state index < -0.39 is 23.0 Å². The van der Waals surface area contributed by atoms with Crippen LogP contribution >= 0.6 is 0 Å². The summed E-state index contributed by atoms with van der Waals surface area (Å²) in [6, 6.07) is 5.98. The maximum atomic E-state index is 11.9. The molecule has 20 heavy (non-hydrogen) atoms. The quantitative estimate of drug-likeness (QED) is 0.874. The van der Waals surface area contributed by atoms with Gasteiger partial charge in [0, 0.05) is 14.1 Å². The number of benzene rings is 1. The zero-order valence-electron chi connectivity index (χ0n) is 10.9. The van der Waals surface area contributed by atoms with Crippen LogP contribution in [0.3, 0.4) is 0 Å². The van der Waals surface area contributed by atoms with Crippen molar-refractivity contribution in [3.05, 3.63) is 29.8 Å². The van der Waals surface area contributed by atoms with Crippen LogP contribution < -0.4 is 4.72 Å². The molecule has 0 unspecified atom stereocenters. The molecule has 9 heteroatoms. The largest absolute Gasteiger partial charge is 0.411 e. The van der Waals surface area contributed by atoms with Crippen LogP contribution in [-0.4, -0.2) is 39.6 Å². The summed E-state index contributed by atoms with van der Waals surface area (Å²) < 4.78 is 66.7. The second kappa shape index (κ2) is 6.42. The lowest BCUT2D eigenvalue weighted by molar-refractivity contribution is -0.176. The van der Waals surface area contributed by atoms with Crippen molar-refractivity contribution in [1.82, 2.24) is 4.31 Å². The number of halogens is 3. The molecule has 0 fully saturated rings. The Hall–Kier alpha value is -1.32. The minimum atomic E-state index is -4.38. The predicted molar refractivity (Wildman–Crippen MR) is 68.4 cm³/mol. The fraction of sp³-hybridized carbons (Fsp3) is 0.455. The summed E-state index contributed by atoms with van der Waals surface area (Å²) in [4.78, 5) is 0. The highest BCUT2D eigenvalue weighted by molar-refractivity contribution is 7.90. The number of hydrogen-bond donors (Lipinski definition) is 1. The Balaban J connectivity index is 2.67. The van der Waals surface area contributed by atoms with Gasteiger partial charge in [-0.25, -0.2) is 0 Å². The summed E-state index contributed by atoms with van der Waals surface area (Å²) in [5.74, 6) is 0. The van der Waals surface area contributed by atoms with Gasteiger partial charge in [-0.3, -0.25) is 4.72 Å². The third-order valence-corrected chi connectivity index (χ3v) is 3.64. The van der Waals surface area contributed by atoms with Crippen molar-refractivity contribution < 1.29 is 26.3 Å². The topological polar surface area (TPSA) is 58.6 Å². The van der Waals surface area contributed by atoms with Crippen molar-refractivity contribution in [1.29, 1.82) is 0 Å². The molecule has 0 radical (unpaired) electrons. The molecule has 0 bridgehead atoms. The lowest BCUT2D eigenvalue weighted by atomic mass is 10.2. The average molecular weight is 312 g/mol. The zero-order chi connectivity index (χ0) is 15.4. The Morgan fingerprint density at radius 1 is 1.30 bits per heavy atom. The molecular weight excluding hydrogens is 297 g/mol. The average Bonchev–Trinajstić information content (AvgIpc) is 2.26. The standard InChI is InChI=1S/C11H15F3N2O3S/c1-16(2)20(17,18)15-10-5-3-4-9(6-10)7-19-8-11(12,13)14/h3-6,15H,7-8H2,1-2H3. The maximum absolute atomic E-state index is 11.9. The van der Waals surface area contributed by atoms with Gasteiger partial charge in [0.2, 0.25) is 0 Å². The second-order valence-electron chi connectivity index (χ2n) is 4.20. The summed E-state index contributed by atoms with van der Waals surface area (Å²) in [6.07, 6.45) is -4.38. The van der Waals surface area contributed by atoms with Gasteiger partial charge < -0.3 is 4.74 Å². The molecule has 1 rings (SSSR count). The first-order chi connectivity index (χ1) is 9.10. The van der Waals surface area contributed by atoms with Gasteiger partial charge in [0.1, 0.15) is 6.61 Å². The van der Waals surface area contributed by atoms with Crippen LogP contribution in [0.1, 0.15) is 5.56 Å². The first kappa shape index (κ1) is 16.7. The molecule has 0 atom stereocenters. The third kappa shape index (κ3) is 5.76. The van der Waals surface area contributed by atoms with Gasteiger partial charge in [0.15, 0.2) is 0 Å². The lowest BCUT2D eigenvalue weighted by Gasteiger charge is -2.14. The smallest absolute Gasteiger partial charge is 0.367 e. The van der Waals surface area contributed by atoms with Crippen molar-refractivity contribution in [2.45, 2.75) is 12.8 Å². The molecule has 0 aliphatic heterocycles. The number of nitrogens with zero attached hydrogens (tertiary/aromatic N) is 1. The summed E-state index contributed by atoms with van der Waals surface area (Å²) in [5.41, 5.74) is 0.694. The van der Waals surface area contributed by atoms with E-state index in [4.69, 9.17) is 0 Å². The highest BCUT2D eigenvalue weighted by Gasteiger charge is 2.27. The minimum Gasteiger partial charge on any atom is -0.367 e. The monoisotopic (exact) mass is 312 g/mol. The van der Waals surface area contributed by atoms with Crippen LogP contribution in [0.5, 0.6) is 0 Å². The molecule has 0 saturated heterocycles. The van der Waals surface area contributed by atoms with Gasteiger partial charge in [-0.15, -0.1) is 0 Å². The van der Waals surface area contributed by atoms with Crippen LogP contribution in [-0.2, 0) is 21.6 Å². The zero-order valence-corrected chi connectivity index (χ0v) is 11.8. The van der Waals surface area contributed by atoms with Crippen LogP contribution in [0.2, 0.25) is 0 Å². The minimum absolute atomic E-state index is 0.253. The molecule has 5 nitrogen and oxygen atoms in total. The Morgan fingerprint density at radius 2 is 1.95 bits per heavy atom. The molecule has 0 spiro atoms. The summed E-state index contributed by atoms with van der Waals surface area (Å²) in [7, 11) is -0.930. The van der Waals surface area contributed by atoms with E-state index in [-0.39, 0.29) is 12.3 Å². The Labute approximate surface area is 115 Å². The number of nitrogens with one attached hydrogen (secondary N) is 1. The van der Waals surface area contributed by atoms with Gasteiger partial charge in [-0.1, -0.05) is 12.1 Å². The van der Waals surface area contributed by atoms with E-state index in [0.717, 1.165) is 4.31 Å². The van der Waals surface area contributed by atoms with E-state index in [1.165, 1.54) is 32.3 Å². The number of alkyl halides is 3. The van der Waals surface area contributed by atoms with E-state index in [1.807, 2.05) is 0 Å². The van der Waals surface area contributed by atoms with Gasteiger partial charge in [-0.2, -0.15) is 25.9 Å². The molecule has 1 aromatic rings. The summed E-state index contributed by atoms with van der Waals surface area (Å²) in [6.45, 7) is -1.60. The van der Waals surface area contributed by atoms with Gasteiger partial charge in [-0.05, 0) is 17.7 Å². The predicted octanol–water partition coefficient (Wildman–Crippen LogP) is 1.98. The molecule has 0 aliphatic rings. The van der Waals surface area contributed by atoms with Crippen molar-refractivity contribution in [3.8, 4) is 0 Å². The highest BCUT2D eigenvalue weighted by atomic mass is 32.2. The number of rotatable bonds is 6. The number of ether oxygens (including phenoxy) is 1. The van der Waals surface area contributed by atoms with Crippen molar-refractivity contribution >= 4 is 15.9 Å². The lowest BCUT2D eigenvalue weighted by Crippen LogP contribution is -2.28. The molecule has 1 aromatic carbocycles. The Bertz CT molecular complexity index is 544. The molecule has 114 valence electrons. The first-order valence-electron chi connectivity index (χ1n) is 5.54. The SMILES string of the molecule is CN(C)S(=O)(=O)Nc1cccc(COCC(F)(F)F)c1. The van der Waals surface area contributed by atoms with Gasteiger partial charge in [0.25, 0.3) is 0 Å². The molecule has 0 heterocycles. The Kier molecular flexibility index (Phi) is 5.37. The normalized spacial score (nSPS) is 12.7. The van der Waals surface area contributed by atoms with Crippen molar-refractivity contribution in [3.63, 3.8) is 0 Å². The van der Waals surface area contributed by atoms with E-state index in [0.29, 0.717) is 5.56 Å². The fourth-order valence-electron chi connectivity index (χ4n) is 1.25. The molecule has 0 amide bonds. The highest BCUT2D eigenvalue weighted by Crippen LogP contribution is 2.17.